The van der Waals surface area contributed by atoms with Gasteiger partial charge in [0.2, 0.25) is 0 Å². The lowest BCUT2D eigenvalue weighted by Crippen LogP contribution is -2.02. The summed E-state index contributed by atoms with van der Waals surface area (Å²) in [6, 6.07) is 3.30. The minimum atomic E-state index is 0.141. The molecule has 5 heteroatoms. The van der Waals surface area contributed by atoms with E-state index in [4.69, 9.17) is 24.7 Å². The first kappa shape index (κ1) is 11.5. The summed E-state index contributed by atoms with van der Waals surface area (Å²) in [5.74, 6) is 1.63. The van der Waals surface area contributed by atoms with Gasteiger partial charge in [0.25, 0.3) is 0 Å². The maximum Gasteiger partial charge on any atom is 0.188 e. The van der Waals surface area contributed by atoms with Gasteiger partial charge < -0.3 is 24.7 Å². The molecule has 84 valence electrons. The standard InChI is InChI=1S/C10H15NO4/c1-12-6-15-10-4-7(11)8(13-2)5-9(10)14-3/h4-5H,6,11H2,1-3H3. The van der Waals surface area contributed by atoms with Crippen molar-refractivity contribution in [3.05, 3.63) is 12.1 Å². The van der Waals surface area contributed by atoms with Crippen LogP contribution < -0.4 is 19.9 Å². The highest BCUT2D eigenvalue weighted by atomic mass is 16.7. The van der Waals surface area contributed by atoms with Crippen LogP contribution >= 0.6 is 0 Å². The van der Waals surface area contributed by atoms with Crippen LogP contribution in [0.4, 0.5) is 5.69 Å². The van der Waals surface area contributed by atoms with Gasteiger partial charge in [-0.1, -0.05) is 0 Å². The summed E-state index contributed by atoms with van der Waals surface area (Å²) in [6.07, 6.45) is 0. The van der Waals surface area contributed by atoms with Gasteiger partial charge in [-0.25, -0.2) is 0 Å². The average Bonchev–Trinajstić information content (AvgIpc) is 2.26. The van der Waals surface area contributed by atoms with Crippen molar-refractivity contribution in [3.8, 4) is 17.2 Å². The summed E-state index contributed by atoms with van der Waals surface area (Å²) in [4.78, 5) is 0. The average molecular weight is 213 g/mol. The smallest absolute Gasteiger partial charge is 0.188 e. The highest BCUT2D eigenvalue weighted by Crippen LogP contribution is 2.36. The fourth-order valence-corrected chi connectivity index (χ4v) is 1.13. The quantitative estimate of drug-likeness (QED) is 0.589. The largest absolute Gasteiger partial charge is 0.494 e. The fourth-order valence-electron chi connectivity index (χ4n) is 1.13. The van der Waals surface area contributed by atoms with Crippen LogP contribution in [0.2, 0.25) is 0 Å². The highest BCUT2D eigenvalue weighted by Gasteiger charge is 2.09. The molecule has 1 aromatic carbocycles. The molecule has 1 aromatic rings. The zero-order chi connectivity index (χ0) is 11.3. The molecule has 15 heavy (non-hydrogen) atoms. The second-order valence-electron chi connectivity index (χ2n) is 2.80. The lowest BCUT2D eigenvalue weighted by atomic mass is 10.2. The Hall–Kier alpha value is -1.62. The van der Waals surface area contributed by atoms with Crippen molar-refractivity contribution in [1.29, 1.82) is 0 Å². The van der Waals surface area contributed by atoms with E-state index in [1.54, 1.807) is 33.5 Å². The van der Waals surface area contributed by atoms with Crippen molar-refractivity contribution < 1.29 is 18.9 Å². The number of benzene rings is 1. The van der Waals surface area contributed by atoms with Gasteiger partial charge in [0, 0.05) is 19.2 Å². The number of hydrogen-bond donors (Lipinski definition) is 1. The molecule has 0 spiro atoms. The van der Waals surface area contributed by atoms with Crippen LogP contribution in [-0.2, 0) is 4.74 Å². The Labute approximate surface area is 88.7 Å². The van der Waals surface area contributed by atoms with E-state index in [0.29, 0.717) is 22.9 Å². The van der Waals surface area contributed by atoms with E-state index < -0.39 is 0 Å². The number of nitrogens with two attached hydrogens (primary N) is 1. The fraction of sp³-hybridized carbons (Fsp3) is 0.400. The molecule has 0 aliphatic heterocycles. The summed E-state index contributed by atoms with van der Waals surface area (Å²) in [5.41, 5.74) is 6.22. The summed E-state index contributed by atoms with van der Waals surface area (Å²) in [6.45, 7) is 0.141. The van der Waals surface area contributed by atoms with Gasteiger partial charge in [-0.15, -0.1) is 0 Å². The molecule has 1 rings (SSSR count). The maximum atomic E-state index is 5.73. The van der Waals surface area contributed by atoms with Crippen molar-refractivity contribution in [2.24, 2.45) is 0 Å². The predicted molar refractivity (Wildman–Crippen MR) is 56.5 cm³/mol. The molecule has 0 heterocycles. The second-order valence-corrected chi connectivity index (χ2v) is 2.80. The molecule has 0 amide bonds. The predicted octanol–water partition coefficient (Wildman–Crippen LogP) is 1.27. The molecule has 0 aliphatic rings. The Kier molecular flexibility index (Phi) is 4.05. The van der Waals surface area contributed by atoms with E-state index >= 15 is 0 Å². The van der Waals surface area contributed by atoms with E-state index in [2.05, 4.69) is 0 Å². The Balaban J connectivity index is 2.98. The molecule has 0 saturated carbocycles. The second kappa shape index (κ2) is 5.31. The van der Waals surface area contributed by atoms with Crippen LogP contribution in [0.3, 0.4) is 0 Å². The minimum Gasteiger partial charge on any atom is -0.494 e. The third-order valence-electron chi connectivity index (χ3n) is 1.85. The Morgan fingerprint density at radius 2 is 1.67 bits per heavy atom. The van der Waals surface area contributed by atoms with Crippen LogP contribution in [0, 0.1) is 0 Å². The highest BCUT2D eigenvalue weighted by molar-refractivity contribution is 5.61. The topological polar surface area (TPSA) is 62.9 Å². The number of methoxy groups -OCH3 is 3. The van der Waals surface area contributed by atoms with E-state index in [9.17, 15) is 0 Å². The van der Waals surface area contributed by atoms with Crippen molar-refractivity contribution >= 4 is 5.69 Å². The number of ether oxygens (including phenoxy) is 4. The molecule has 2 N–H and O–H groups in total. The lowest BCUT2D eigenvalue weighted by molar-refractivity contribution is 0.0491. The molecule has 0 aliphatic carbocycles. The summed E-state index contributed by atoms with van der Waals surface area (Å²) in [7, 11) is 4.63. The molecule has 0 saturated heterocycles. The maximum absolute atomic E-state index is 5.73. The molecule has 0 bridgehead atoms. The molecule has 0 unspecified atom stereocenters. The molecular weight excluding hydrogens is 198 g/mol. The zero-order valence-electron chi connectivity index (χ0n) is 9.07. The van der Waals surface area contributed by atoms with Crippen LogP contribution in [0.15, 0.2) is 12.1 Å². The first-order valence-electron chi connectivity index (χ1n) is 4.36. The first-order valence-corrected chi connectivity index (χ1v) is 4.36. The van der Waals surface area contributed by atoms with Gasteiger partial charge in [0.05, 0.1) is 19.9 Å². The van der Waals surface area contributed by atoms with E-state index in [1.807, 2.05) is 0 Å². The Morgan fingerprint density at radius 3 is 2.20 bits per heavy atom. The summed E-state index contributed by atoms with van der Waals surface area (Å²) >= 11 is 0. The van der Waals surface area contributed by atoms with Gasteiger partial charge in [0.15, 0.2) is 18.3 Å². The van der Waals surface area contributed by atoms with E-state index in [-0.39, 0.29) is 6.79 Å². The minimum absolute atomic E-state index is 0.141. The molecule has 5 nitrogen and oxygen atoms in total. The molecular formula is C10H15NO4. The van der Waals surface area contributed by atoms with Crippen LogP contribution in [0.1, 0.15) is 0 Å². The first-order chi connectivity index (χ1) is 7.22. The van der Waals surface area contributed by atoms with Gasteiger partial charge >= 0.3 is 0 Å². The summed E-state index contributed by atoms with van der Waals surface area (Å²) < 4.78 is 20.2. The molecule has 0 aromatic heterocycles. The SMILES string of the molecule is COCOc1cc(N)c(OC)cc1OC. The molecule has 0 fully saturated rings. The number of nitrogen functional groups attached to an aromatic ring is 1. The van der Waals surface area contributed by atoms with Crippen LogP contribution in [-0.4, -0.2) is 28.1 Å². The Morgan fingerprint density at radius 1 is 1.00 bits per heavy atom. The third kappa shape index (κ3) is 2.66. The van der Waals surface area contributed by atoms with Gasteiger partial charge in [-0.3, -0.25) is 0 Å². The third-order valence-corrected chi connectivity index (χ3v) is 1.85. The number of rotatable bonds is 5. The zero-order valence-corrected chi connectivity index (χ0v) is 9.07. The normalized spacial score (nSPS) is 9.80. The van der Waals surface area contributed by atoms with Crippen LogP contribution in [0.25, 0.3) is 0 Å². The monoisotopic (exact) mass is 213 g/mol. The van der Waals surface area contributed by atoms with E-state index in [0.717, 1.165) is 0 Å². The number of hydrogen-bond acceptors (Lipinski definition) is 5. The van der Waals surface area contributed by atoms with Gasteiger partial charge in [0.1, 0.15) is 5.75 Å². The Bertz CT molecular complexity index is 327. The van der Waals surface area contributed by atoms with Crippen LogP contribution in [0.5, 0.6) is 17.2 Å². The van der Waals surface area contributed by atoms with Crippen molar-refractivity contribution in [3.63, 3.8) is 0 Å². The van der Waals surface area contributed by atoms with Crippen molar-refractivity contribution in [1.82, 2.24) is 0 Å². The molecule has 0 atom stereocenters. The van der Waals surface area contributed by atoms with Gasteiger partial charge in [-0.2, -0.15) is 0 Å². The number of anilines is 1. The van der Waals surface area contributed by atoms with E-state index in [1.165, 1.54) is 0 Å². The molecule has 0 radical (unpaired) electrons. The van der Waals surface area contributed by atoms with Crippen molar-refractivity contribution in [2.75, 3.05) is 33.9 Å². The lowest BCUT2D eigenvalue weighted by Gasteiger charge is -2.12. The summed E-state index contributed by atoms with van der Waals surface area (Å²) in [5, 5.41) is 0. The van der Waals surface area contributed by atoms with Crippen molar-refractivity contribution in [2.45, 2.75) is 0 Å². The van der Waals surface area contributed by atoms with Gasteiger partial charge in [-0.05, 0) is 0 Å².